The minimum Gasteiger partial charge on any atom is -0.444 e. The average molecular weight is 372 g/mol. The molecule has 24 heavy (non-hydrogen) atoms. The fourth-order valence-corrected chi connectivity index (χ4v) is 3.52. The third kappa shape index (κ3) is 3.67. The lowest BCUT2D eigenvalue weighted by molar-refractivity contribution is 0.0213. The average Bonchev–Trinajstić information content (AvgIpc) is 2.65. The topological polar surface area (TPSA) is 44.8 Å². The van der Waals surface area contributed by atoms with Crippen molar-refractivity contribution < 1.29 is 9.53 Å². The molecule has 3 rings (SSSR count). The first-order valence-corrected chi connectivity index (χ1v) is 8.98. The molecule has 1 N–H and O–H groups in total. The number of ether oxygens (including phenoxy) is 1. The van der Waals surface area contributed by atoms with Crippen molar-refractivity contribution in [1.29, 1.82) is 0 Å². The van der Waals surface area contributed by atoms with E-state index in [9.17, 15) is 4.79 Å². The van der Waals surface area contributed by atoms with Gasteiger partial charge in [-0.1, -0.05) is 23.2 Å². The molecule has 0 saturated carbocycles. The number of carbonyl (C=O) groups excluding carboxylic acids is 1. The predicted octanol–water partition coefficient (Wildman–Crippen LogP) is 4.23. The van der Waals surface area contributed by atoms with Gasteiger partial charge in [0.25, 0.3) is 0 Å². The summed E-state index contributed by atoms with van der Waals surface area (Å²) in [6.07, 6.45) is 0.692. The number of rotatable bonds is 0. The van der Waals surface area contributed by atoms with Gasteiger partial charge in [0.15, 0.2) is 0 Å². The van der Waals surface area contributed by atoms with Crippen LogP contribution in [-0.2, 0) is 4.74 Å². The van der Waals surface area contributed by atoms with E-state index >= 15 is 0 Å². The molecule has 0 spiro atoms. The molecule has 5 nitrogen and oxygen atoms in total. The van der Waals surface area contributed by atoms with E-state index in [2.05, 4.69) is 10.2 Å². The van der Waals surface area contributed by atoms with E-state index in [-0.39, 0.29) is 12.1 Å². The van der Waals surface area contributed by atoms with Gasteiger partial charge in [-0.15, -0.1) is 0 Å². The highest BCUT2D eigenvalue weighted by atomic mass is 35.5. The fourth-order valence-electron chi connectivity index (χ4n) is 3.20. The van der Waals surface area contributed by atoms with Crippen molar-refractivity contribution in [3.05, 3.63) is 22.2 Å². The van der Waals surface area contributed by atoms with Crippen LogP contribution in [0.25, 0.3) is 0 Å². The molecule has 132 valence electrons. The van der Waals surface area contributed by atoms with E-state index in [1.807, 2.05) is 32.9 Å². The van der Waals surface area contributed by atoms with Gasteiger partial charge in [0.1, 0.15) is 5.60 Å². The maximum Gasteiger partial charge on any atom is 0.410 e. The molecule has 2 heterocycles. The Balaban J connectivity index is 1.79. The Bertz CT molecular complexity index is 645. The van der Waals surface area contributed by atoms with Crippen LogP contribution in [0.3, 0.4) is 0 Å². The number of piperazine rings is 1. The van der Waals surface area contributed by atoms with E-state index in [0.717, 1.165) is 30.9 Å². The van der Waals surface area contributed by atoms with Crippen molar-refractivity contribution in [1.82, 2.24) is 4.90 Å². The van der Waals surface area contributed by atoms with Crippen LogP contribution in [0, 0.1) is 0 Å². The van der Waals surface area contributed by atoms with Crippen molar-refractivity contribution in [2.45, 2.75) is 38.8 Å². The second-order valence-corrected chi connectivity index (χ2v) is 8.09. The molecule has 1 fully saturated rings. The molecule has 2 aliphatic heterocycles. The van der Waals surface area contributed by atoms with Gasteiger partial charge in [-0.25, -0.2) is 4.79 Å². The molecular formula is C17H23Cl2N3O2. The Morgan fingerprint density at radius 3 is 2.67 bits per heavy atom. The zero-order valence-corrected chi connectivity index (χ0v) is 15.7. The number of hydrogen-bond acceptors (Lipinski definition) is 4. The first-order valence-electron chi connectivity index (χ1n) is 8.22. The van der Waals surface area contributed by atoms with Crippen molar-refractivity contribution in [3.63, 3.8) is 0 Å². The number of benzene rings is 1. The van der Waals surface area contributed by atoms with E-state index in [1.54, 1.807) is 4.90 Å². The predicted molar refractivity (Wildman–Crippen MR) is 98.5 cm³/mol. The zero-order chi connectivity index (χ0) is 17.5. The van der Waals surface area contributed by atoms with E-state index in [4.69, 9.17) is 27.9 Å². The Hall–Kier alpha value is -1.33. The Kier molecular flexibility index (Phi) is 4.76. The number of amides is 1. The van der Waals surface area contributed by atoms with Crippen LogP contribution in [-0.4, -0.2) is 48.8 Å². The van der Waals surface area contributed by atoms with Crippen LogP contribution in [0.5, 0.6) is 0 Å². The first kappa shape index (κ1) is 17.5. The van der Waals surface area contributed by atoms with Crippen LogP contribution < -0.4 is 10.2 Å². The lowest BCUT2D eigenvalue weighted by Gasteiger charge is -2.42. The maximum atomic E-state index is 12.3. The lowest BCUT2D eigenvalue weighted by atomic mass is 10.1. The number of carbonyl (C=O) groups is 1. The van der Waals surface area contributed by atoms with Gasteiger partial charge in [0.05, 0.1) is 21.4 Å². The number of nitrogens with zero attached hydrogens (tertiary/aromatic N) is 2. The number of halogens is 2. The van der Waals surface area contributed by atoms with Gasteiger partial charge < -0.3 is 19.9 Å². The summed E-state index contributed by atoms with van der Waals surface area (Å²) in [4.78, 5) is 16.5. The molecule has 1 amide bonds. The van der Waals surface area contributed by atoms with Gasteiger partial charge in [-0.3, -0.25) is 0 Å². The van der Waals surface area contributed by atoms with Crippen molar-refractivity contribution in [2.24, 2.45) is 0 Å². The molecule has 0 radical (unpaired) electrons. The first-order chi connectivity index (χ1) is 11.2. The molecule has 1 aromatic rings. The largest absolute Gasteiger partial charge is 0.444 e. The lowest BCUT2D eigenvalue weighted by Crippen LogP contribution is -2.55. The van der Waals surface area contributed by atoms with Gasteiger partial charge in [0.2, 0.25) is 0 Å². The van der Waals surface area contributed by atoms with Crippen LogP contribution in [0.4, 0.5) is 16.2 Å². The highest BCUT2D eigenvalue weighted by Gasteiger charge is 2.34. The second-order valence-electron chi connectivity index (χ2n) is 7.27. The number of hydrogen-bond donors (Lipinski definition) is 1. The van der Waals surface area contributed by atoms with Gasteiger partial charge >= 0.3 is 6.09 Å². The standard InChI is InChI=1S/C17H23Cl2N3O2/c1-17(2,3)24-16(23)21-6-7-22-11(10-21)4-5-20-14-8-12(18)13(19)9-15(14)22/h8-9,11,20H,4-7,10H2,1-3H3. The third-order valence-electron chi connectivity index (χ3n) is 4.28. The molecule has 7 heteroatoms. The molecule has 0 bridgehead atoms. The molecule has 1 atom stereocenters. The molecular weight excluding hydrogens is 349 g/mol. The van der Waals surface area contributed by atoms with E-state index < -0.39 is 5.60 Å². The molecule has 1 saturated heterocycles. The van der Waals surface area contributed by atoms with Gasteiger partial charge in [-0.05, 0) is 39.3 Å². The quantitative estimate of drug-likeness (QED) is 0.740. The summed E-state index contributed by atoms with van der Waals surface area (Å²) >= 11 is 12.4. The maximum absolute atomic E-state index is 12.3. The Labute approximate surface area is 152 Å². The smallest absolute Gasteiger partial charge is 0.410 e. The van der Waals surface area contributed by atoms with E-state index in [0.29, 0.717) is 23.1 Å². The number of fused-ring (bicyclic) bond motifs is 3. The molecule has 0 aliphatic carbocycles. The molecule has 0 aromatic heterocycles. The van der Waals surface area contributed by atoms with Crippen molar-refractivity contribution in [3.8, 4) is 0 Å². The summed E-state index contributed by atoms with van der Waals surface area (Å²) < 4.78 is 5.51. The second kappa shape index (κ2) is 6.52. The van der Waals surface area contributed by atoms with Crippen LogP contribution in [0.1, 0.15) is 27.2 Å². The van der Waals surface area contributed by atoms with Crippen LogP contribution >= 0.6 is 23.2 Å². The fraction of sp³-hybridized carbons (Fsp3) is 0.588. The SMILES string of the molecule is CC(C)(C)OC(=O)N1CCN2c3cc(Cl)c(Cl)cc3NCCC2C1. The molecule has 2 aliphatic rings. The summed E-state index contributed by atoms with van der Waals surface area (Å²) in [7, 11) is 0. The van der Waals surface area contributed by atoms with Gasteiger partial charge in [0, 0.05) is 32.2 Å². The van der Waals surface area contributed by atoms with Gasteiger partial charge in [-0.2, -0.15) is 0 Å². The minimum absolute atomic E-state index is 0.234. The third-order valence-corrected chi connectivity index (χ3v) is 5.00. The summed E-state index contributed by atoms with van der Waals surface area (Å²) in [5, 5.41) is 4.51. The molecule has 1 unspecified atom stereocenters. The number of nitrogens with one attached hydrogen (secondary N) is 1. The normalized spacial score (nSPS) is 20.6. The highest BCUT2D eigenvalue weighted by Crippen LogP contribution is 2.38. The summed E-state index contributed by atoms with van der Waals surface area (Å²) in [5.74, 6) is 0. The van der Waals surface area contributed by atoms with Crippen molar-refractivity contribution in [2.75, 3.05) is 36.4 Å². The molecule has 1 aromatic carbocycles. The van der Waals surface area contributed by atoms with Crippen LogP contribution in [0.2, 0.25) is 10.0 Å². The van der Waals surface area contributed by atoms with E-state index in [1.165, 1.54) is 0 Å². The Morgan fingerprint density at radius 2 is 1.96 bits per heavy atom. The summed E-state index contributed by atoms with van der Waals surface area (Å²) in [6.45, 7) is 8.52. The highest BCUT2D eigenvalue weighted by molar-refractivity contribution is 6.42. The Morgan fingerprint density at radius 1 is 1.25 bits per heavy atom. The zero-order valence-electron chi connectivity index (χ0n) is 14.2. The number of anilines is 2. The summed E-state index contributed by atoms with van der Waals surface area (Å²) in [6, 6.07) is 4.02. The summed E-state index contributed by atoms with van der Waals surface area (Å²) in [5.41, 5.74) is 1.57. The van der Waals surface area contributed by atoms with Crippen LogP contribution in [0.15, 0.2) is 12.1 Å². The minimum atomic E-state index is -0.476. The monoisotopic (exact) mass is 371 g/mol. The van der Waals surface area contributed by atoms with Crippen molar-refractivity contribution >= 4 is 40.7 Å².